The molecule has 0 bridgehead atoms. The van der Waals surface area contributed by atoms with Crippen molar-refractivity contribution in [1.82, 2.24) is 9.97 Å². The topological polar surface area (TPSA) is 45.8 Å². The van der Waals surface area contributed by atoms with Crippen molar-refractivity contribution in [1.29, 1.82) is 0 Å². The van der Waals surface area contributed by atoms with Crippen LogP contribution in [-0.2, 0) is 0 Å². The monoisotopic (exact) mass is 296 g/mol. The zero-order valence-electron chi connectivity index (χ0n) is 9.08. The predicted octanol–water partition coefficient (Wildman–Crippen LogP) is 3.18. The Hall–Kier alpha value is -1.49. The van der Waals surface area contributed by atoms with Crippen LogP contribution in [0.3, 0.4) is 0 Å². The number of carbonyl (C=O) groups is 1. The lowest BCUT2D eigenvalue weighted by molar-refractivity contribution is 0.0989. The van der Waals surface area contributed by atoms with Crippen molar-refractivity contribution in [3.8, 4) is 0 Å². The first-order valence-electron chi connectivity index (χ1n) is 5.03. The van der Waals surface area contributed by atoms with Crippen LogP contribution in [0.15, 0.2) is 30.6 Å². The number of H-pyrrole nitrogens is 1. The molecular weight excluding hydrogens is 287 g/mol. The van der Waals surface area contributed by atoms with Gasteiger partial charge in [-0.25, -0.2) is 9.37 Å². The summed E-state index contributed by atoms with van der Waals surface area (Å²) in [7, 11) is 0. The molecule has 0 amide bonds. The fourth-order valence-electron chi connectivity index (χ4n) is 1.48. The molecule has 0 spiro atoms. The van der Waals surface area contributed by atoms with Gasteiger partial charge < -0.3 is 4.98 Å². The molecule has 2 aromatic rings. The SMILES string of the molecule is Cc1cc(C(=O)C(Br)c2ncc[nH]2)ccc1F. The molecule has 3 nitrogen and oxygen atoms in total. The van der Waals surface area contributed by atoms with Crippen molar-refractivity contribution >= 4 is 21.7 Å². The minimum atomic E-state index is -0.539. The summed E-state index contributed by atoms with van der Waals surface area (Å²) in [5, 5.41) is 0. The highest BCUT2D eigenvalue weighted by Crippen LogP contribution is 2.24. The van der Waals surface area contributed by atoms with Crippen LogP contribution in [0.5, 0.6) is 0 Å². The Balaban J connectivity index is 2.28. The molecule has 2 rings (SSSR count). The Morgan fingerprint density at radius 2 is 2.29 bits per heavy atom. The molecule has 0 aliphatic heterocycles. The first kappa shape index (κ1) is 12.0. The number of hydrogen-bond acceptors (Lipinski definition) is 2. The number of nitrogens with zero attached hydrogens (tertiary/aromatic N) is 1. The average Bonchev–Trinajstić information content (AvgIpc) is 2.84. The van der Waals surface area contributed by atoms with Crippen LogP contribution in [0, 0.1) is 12.7 Å². The summed E-state index contributed by atoms with van der Waals surface area (Å²) in [6, 6.07) is 4.31. The molecule has 5 heteroatoms. The van der Waals surface area contributed by atoms with Crippen LogP contribution in [0.1, 0.15) is 26.6 Å². The van der Waals surface area contributed by atoms with Gasteiger partial charge in [0.15, 0.2) is 5.78 Å². The predicted molar refractivity (Wildman–Crippen MR) is 65.7 cm³/mol. The second-order valence-electron chi connectivity index (χ2n) is 3.67. The Morgan fingerprint density at radius 3 is 2.88 bits per heavy atom. The van der Waals surface area contributed by atoms with Gasteiger partial charge in [-0.3, -0.25) is 4.79 Å². The fraction of sp³-hybridized carbons (Fsp3) is 0.167. The number of ketones is 1. The van der Waals surface area contributed by atoms with E-state index in [1.54, 1.807) is 19.3 Å². The third-order valence-electron chi connectivity index (χ3n) is 2.43. The van der Waals surface area contributed by atoms with Crippen LogP contribution >= 0.6 is 15.9 Å². The van der Waals surface area contributed by atoms with Gasteiger partial charge in [0.05, 0.1) is 0 Å². The Morgan fingerprint density at radius 1 is 1.53 bits per heavy atom. The van der Waals surface area contributed by atoms with Crippen molar-refractivity contribution in [2.75, 3.05) is 0 Å². The molecule has 0 aliphatic rings. The maximum absolute atomic E-state index is 13.1. The van der Waals surface area contributed by atoms with Crippen molar-refractivity contribution in [3.05, 3.63) is 53.4 Å². The Labute approximate surface area is 106 Å². The maximum Gasteiger partial charge on any atom is 0.184 e. The van der Waals surface area contributed by atoms with E-state index in [1.165, 1.54) is 18.2 Å². The van der Waals surface area contributed by atoms with E-state index in [0.717, 1.165) is 0 Å². The third kappa shape index (κ3) is 2.44. The fourth-order valence-corrected chi connectivity index (χ4v) is 2.00. The Kier molecular flexibility index (Phi) is 3.38. The quantitative estimate of drug-likeness (QED) is 0.698. The standard InChI is InChI=1S/C12H10BrFN2O/c1-7-6-8(2-3-9(7)14)11(17)10(13)12-15-4-5-16-12/h2-6,10H,1H3,(H,15,16). The summed E-state index contributed by atoms with van der Waals surface area (Å²) in [6.45, 7) is 1.63. The minimum Gasteiger partial charge on any atom is -0.347 e. The summed E-state index contributed by atoms with van der Waals surface area (Å²) < 4.78 is 13.1. The highest BCUT2D eigenvalue weighted by molar-refractivity contribution is 9.09. The van der Waals surface area contributed by atoms with Crippen molar-refractivity contribution in [2.45, 2.75) is 11.8 Å². The molecule has 17 heavy (non-hydrogen) atoms. The van der Waals surface area contributed by atoms with Gasteiger partial charge in [0.2, 0.25) is 0 Å². The Bertz CT molecular complexity index is 539. The number of hydrogen-bond donors (Lipinski definition) is 1. The van der Waals surface area contributed by atoms with E-state index in [0.29, 0.717) is 17.0 Å². The molecule has 1 unspecified atom stereocenters. The van der Waals surface area contributed by atoms with Gasteiger partial charge in [0.1, 0.15) is 16.5 Å². The van der Waals surface area contributed by atoms with E-state index in [-0.39, 0.29) is 11.6 Å². The molecule has 1 aromatic carbocycles. The van der Waals surface area contributed by atoms with Crippen molar-refractivity contribution in [2.24, 2.45) is 0 Å². The number of Topliss-reactive ketones (excluding diaryl/α,β-unsaturated/α-hetero) is 1. The van der Waals surface area contributed by atoms with Gasteiger partial charge in [0.25, 0.3) is 0 Å². The third-order valence-corrected chi connectivity index (χ3v) is 3.28. The molecule has 1 atom stereocenters. The molecule has 0 saturated heterocycles. The maximum atomic E-state index is 13.1. The summed E-state index contributed by atoms with van der Waals surface area (Å²) in [6.07, 6.45) is 3.22. The highest BCUT2D eigenvalue weighted by atomic mass is 79.9. The van der Waals surface area contributed by atoms with Gasteiger partial charge in [-0.15, -0.1) is 0 Å². The number of aryl methyl sites for hydroxylation is 1. The molecule has 1 heterocycles. The van der Waals surface area contributed by atoms with Crippen LogP contribution in [0.4, 0.5) is 4.39 Å². The molecule has 88 valence electrons. The van der Waals surface area contributed by atoms with E-state index in [9.17, 15) is 9.18 Å². The summed E-state index contributed by atoms with van der Waals surface area (Å²) >= 11 is 3.27. The number of imidazole rings is 1. The molecular formula is C12H10BrFN2O. The molecule has 0 radical (unpaired) electrons. The summed E-state index contributed by atoms with van der Waals surface area (Å²) in [5.41, 5.74) is 0.914. The largest absolute Gasteiger partial charge is 0.347 e. The van der Waals surface area contributed by atoms with Gasteiger partial charge in [-0.2, -0.15) is 0 Å². The van der Waals surface area contributed by atoms with E-state index in [4.69, 9.17) is 0 Å². The minimum absolute atomic E-state index is 0.150. The number of aromatic nitrogens is 2. The van der Waals surface area contributed by atoms with E-state index >= 15 is 0 Å². The van der Waals surface area contributed by atoms with Crippen LogP contribution in [0.25, 0.3) is 0 Å². The van der Waals surface area contributed by atoms with Crippen molar-refractivity contribution in [3.63, 3.8) is 0 Å². The van der Waals surface area contributed by atoms with E-state index in [1.807, 2.05) is 0 Å². The summed E-state index contributed by atoms with van der Waals surface area (Å²) in [4.78, 5) is 18.4. The number of halogens is 2. The zero-order chi connectivity index (χ0) is 12.4. The number of benzene rings is 1. The first-order chi connectivity index (χ1) is 8.09. The van der Waals surface area contributed by atoms with Gasteiger partial charge in [-0.05, 0) is 30.7 Å². The van der Waals surface area contributed by atoms with E-state index in [2.05, 4.69) is 25.9 Å². The lowest BCUT2D eigenvalue weighted by Gasteiger charge is -2.07. The van der Waals surface area contributed by atoms with Crippen LogP contribution in [0.2, 0.25) is 0 Å². The van der Waals surface area contributed by atoms with Gasteiger partial charge in [0, 0.05) is 18.0 Å². The lowest BCUT2D eigenvalue weighted by atomic mass is 10.1. The second kappa shape index (κ2) is 4.79. The first-order valence-corrected chi connectivity index (χ1v) is 5.95. The number of rotatable bonds is 3. The molecule has 0 saturated carbocycles. The van der Waals surface area contributed by atoms with Crippen LogP contribution in [-0.4, -0.2) is 15.8 Å². The smallest absolute Gasteiger partial charge is 0.184 e. The summed E-state index contributed by atoms with van der Waals surface area (Å²) in [5.74, 6) is 0.0747. The second-order valence-corrected chi connectivity index (χ2v) is 4.58. The molecule has 1 N–H and O–H groups in total. The number of alkyl halides is 1. The van der Waals surface area contributed by atoms with E-state index < -0.39 is 4.83 Å². The van der Waals surface area contributed by atoms with Crippen LogP contribution < -0.4 is 0 Å². The number of aromatic amines is 1. The highest BCUT2D eigenvalue weighted by Gasteiger charge is 2.21. The lowest BCUT2D eigenvalue weighted by Crippen LogP contribution is -2.09. The average molecular weight is 297 g/mol. The van der Waals surface area contributed by atoms with Gasteiger partial charge in [-0.1, -0.05) is 15.9 Å². The number of carbonyl (C=O) groups excluding carboxylic acids is 1. The van der Waals surface area contributed by atoms with Gasteiger partial charge >= 0.3 is 0 Å². The zero-order valence-corrected chi connectivity index (χ0v) is 10.7. The van der Waals surface area contributed by atoms with Crippen molar-refractivity contribution < 1.29 is 9.18 Å². The molecule has 0 aliphatic carbocycles. The molecule has 1 aromatic heterocycles. The molecule has 0 fully saturated rings. The number of nitrogens with one attached hydrogen (secondary N) is 1. The normalized spacial score (nSPS) is 12.4.